The van der Waals surface area contributed by atoms with Gasteiger partial charge in [0.15, 0.2) is 5.82 Å². The topological polar surface area (TPSA) is 50.9 Å². The summed E-state index contributed by atoms with van der Waals surface area (Å²) in [5.74, 6) is 0.980. The summed E-state index contributed by atoms with van der Waals surface area (Å²) in [6.07, 6.45) is 2.40. The molecule has 72 valence electrons. The molecule has 0 unspecified atom stereocenters. The highest BCUT2D eigenvalue weighted by atomic mass is 16.3. The van der Waals surface area contributed by atoms with E-state index in [9.17, 15) is 5.11 Å². The minimum atomic E-state index is 0.208. The van der Waals surface area contributed by atoms with Gasteiger partial charge < -0.3 is 5.11 Å². The van der Waals surface area contributed by atoms with Crippen LogP contribution < -0.4 is 0 Å². The van der Waals surface area contributed by atoms with Gasteiger partial charge in [-0.05, 0) is 12.1 Å². The van der Waals surface area contributed by atoms with Crippen LogP contribution in [-0.4, -0.2) is 19.9 Å². The summed E-state index contributed by atoms with van der Waals surface area (Å²) < 4.78 is 1.58. The number of para-hydroxylation sites is 2. The van der Waals surface area contributed by atoms with Gasteiger partial charge in [0.2, 0.25) is 0 Å². The van der Waals surface area contributed by atoms with E-state index in [4.69, 9.17) is 0 Å². The molecule has 4 nitrogen and oxygen atoms in total. The van der Waals surface area contributed by atoms with E-state index < -0.39 is 0 Å². The first-order valence-electron chi connectivity index (χ1n) is 4.50. The monoisotopic (exact) mass is 189 g/mol. The quantitative estimate of drug-likeness (QED) is 0.779. The van der Waals surface area contributed by atoms with Gasteiger partial charge in [0.25, 0.3) is 0 Å². The summed E-state index contributed by atoms with van der Waals surface area (Å²) in [6, 6.07) is 7.05. The van der Waals surface area contributed by atoms with Crippen LogP contribution in [0.4, 0.5) is 0 Å². The molecule has 0 aliphatic heterocycles. The third-order valence-corrected chi connectivity index (χ3v) is 1.98. The zero-order chi connectivity index (χ0) is 9.97. The molecule has 1 aromatic heterocycles. The molecule has 0 bridgehead atoms. The van der Waals surface area contributed by atoms with Crippen molar-refractivity contribution in [3.63, 3.8) is 0 Å². The normalized spacial score (nSPS) is 10.4. The van der Waals surface area contributed by atoms with E-state index in [-0.39, 0.29) is 5.75 Å². The minimum Gasteiger partial charge on any atom is -0.506 e. The first-order chi connectivity index (χ1) is 6.81. The number of benzene rings is 1. The Hall–Kier alpha value is -1.84. The lowest BCUT2D eigenvalue weighted by atomic mass is 10.3. The third-order valence-electron chi connectivity index (χ3n) is 1.98. The lowest BCUT2D eigenvalue weighted by Gasteiger charge is -2.01. The molecule has 0 aliphatic carbocycles. The second kappa shape index (κ2) is 3.49. The van der Waals surface area contributed by atoms with Crippen molar-refractivity contribution in [2.75, 3.05) is 0 Å². The van der Waals surface area contributed by atoms with E-state index in [0.717, 1.165) is 12.2 Å². The van der Waals surface area contributed by atoms with Crippen molar-refractivity contribution < 1.29 is 5.11 Å². The van der Waals surface area contributed by atoms with Gasteiger partial charge in [-0.15, -0.1) is 0 Å². The molecule has 14 heavy (non-hydrogen) atoms. The van der Waals surface area contributed by atoms with Gasteiger partial charge in [0, 0.05) is 6.42 Å². The van der Waals surface area contributed by atoms with Crippen LogP contribution in [0.15, 0.2) is 30.6 Å². The van der Waals surface area contributed by atoms with Gasteiger partial charge in [-0.3, -0.25) is 0 Å². The number of aromatic hydroxyl groups is 1. The first kappa shape index (κ1) is 8.74. The van der Waals surface area contributed by atoms with Gasteiger partial charge in [0.1, 0.15) is 17.8 Å². The van der Waals surface area contributed by atoms with Crippen LogP contribution in [0.5, 0.6) is 5.75 Å². The lowest BCUT2D eigenvalue weighted by molar-refractivity contribution is 0.470. The number of aryl methyl sites for hydroxylation is 1. The number of hydrogen-bond donors (Lipinski definition) is 1. The smallest absolute Gasteiger partial charge is 0.150 e. The maximum Gasteiger partial charge on any atom is 0.150 e. The van der Waals surface area contributed by atoms with Crippen molar-refractivity contribution >= 4 is 0 Å². The van der Waals surface area contributed by atoms with Crippen molar-refractivity contribution in [1.29, 1.82) is 0 Å². The maximum absolute atomic E-state index is 9.56. The Morgan fingerprint density at radius 1 is 1.36 bits per heavy atom. The highest BCUT2D eigenvalue weighted by Gasteiger charge is 2.04. The zero-order valence-electron chi connectivity index (χ0n) is 7.88. The molecule has 1 N–H and O–H groups in total. The number of aromatic nitrogens is 3. The van der Waals surface area contributed by atoms with E-state index in [2.05, 4.69) is 10.1 Å². The van der Waals surface area contributed by atoms with Crippen molar-refractivity contribution in [1.82, 2.24) is 14.8 Å². The molecule has 2 aromatic rings. The molecule has 0 atom stereocenters. The minimum absolute atomic E-state index is 0.208. The van der Waals surface area contributed by atoms with Crippen LogP contribution in [0.3, 0.4) is 0 Å². The van der Waals surface area contributed by atoms with E-state index in [1.54, 1.807) is 29.2 Å². The summed E-state index contributed by atoms with van der Waals surface area (Å²) in [7, 11) is 0. The van der Waals surface area contributed by atoms with Gasteiger partial charge in [-0.25, -0.2) is 9.67 Å². The molecule has 1 aromatic carbocycles. The average Bonchev–Trinajstić information content (AvgIpc) is 2.67. The van der Waals surface area contributed by atoms with Crippen LogP contribution in [-0.2, 0) is 6.42 Å². The van der Waals surface area contributed by atoms with Crippen molar-refractivity contribution in [3.8, 4) is 11.4 Å². The van der Waals surface area contributed by atoms with Crippen LogP contribution in [0.1, 0.15) is 12.7 Å². The molecular weight excluding hydrogens is 178 g/mol. The van der Waals surface area contributed by atoms with Crippen molar-refractivity contribution in [3.05, 3.63) is 36.4 Å². The predicted molar refractivity (Wildman–Crippen MR) is 52.4 cm³/mol. The van der Waals surface area contributed by atoms with Gasteiger partial charge in [0.05, 0.1) is 0 Å². The third kappa shape index (κ3) is 1.46. The molecule has 0 saturated carbocycles. The fourth-order valence-corrected chi connectivity index (χ4v) is 1.23. The fraction of sp³-hybridized carbons (Fsp3) is 0.200. The summed E-state index contributed by atoms with van der Waals surface area (Å²) in [6.45, 7) is 1.99. The van der Waals surface area contributed by atoms with E-state index >= 15 is 0 Å². The zero-order valence-corrected chi connectivity index (χ0v) is 7.88. The standard InChI is InChI=1S/C10H11N3O/c1-2-10-11-7-13(12-10)8-5-3-4-6-9(8)14/h3-7,14H,2H2,1H3. The highest BCUT2D eigenvalue weighted by Crippen LogP contribution is 2.19. The number of rotatable bonds is 2. The number of phenols is 1. The molecular formula is C10H11N3O. The maximum atomic E-state index is 9.56. The summed E-state index contributed by atoms with van der Waals surface area (Å²) in [5.41, 5.74) is 0.653. The number of nitrogens with zero attached hydrogens (tertiary/aromatic N) is 3. The number of phenolic OH excluding ortho intramolecular Hbond substituents is 1. The Morgan fingerprint density at radius 3 is 2.79 bits per heavy atom. The second-order valence-electron chi connectivity index (χ2n) is 2.95. The van der Waals surface area contributed by atoms with Crippen molar-refractivity contribution in [2.24, 2.45) is 0 Å². The Labute approximate surface area is 81.8 Å². The SMILES string of the molecule is CCc1ncn(-c2ccccc2O)n1. The van der Waals surface area contributed by atoms with Gasteiger partial charge >= 0.3 is 0 Å². The lowest BCUT2D eigenvalue weighted by Crippen LogP contribution is -1.95. The van der Waals surface area contributed by atoms with Gasteiger partial charge in [-0.2, -0.15) is 5.10 Å². The predicted octanol–water partition coefficient (Wildman–Crippen LogP) is 1.54. The van der Waals surface area contributed by atoms with E-state index in [0.29, 0.717) is 5.69 Å². The van der Waals surface area contributed by atoms with E-state index in [1.165, 1.54) is 0 Å². The molecule has 0 fully saturated rings. The molecule has 2 rings (SSSR count). The Bertz CT molecular complexity index is 436. The Kier molecular flexibility index (Phi) is 2.18. The van der Waals surface area contributed by atoms with Crippen LogP contribution in [0.2, 0.25) is 0 Å². The molecule has 0 aliphatic rings. The largest absolute Gasteiger partial charge is 0.506 e. The molecule has 0 amide bonds. The first-order valence-corrected chi connectivity index (χ1v) is 4.50. The highest BCUT2D eigenvalue weighted by molar-refractivity contribution is 5.44. The summed E-state index contributed by atoms with van der Waals surface area (Å²) >= 11 is 0. The average molecular weight is 189 g/mol. The molecule has 0 saturated heterocycles. The van der Waals surface area contributed by atoms with Crippen LogP contribution >= 0.6 is 0 Å². The Balaban J connectivity index is 2.44. The van der Waals surface area contributed by atoms with E-state index in [1.807, 2.05) is 13.0 Å². The summed E-state index contributed by atoms with van der Waals surface area (Å²) in [4.78, 5) is 4.09. The van der Waals surface area contributed by atoms with Gasteiger partial charge in [-0.1, -0.05) is 19.1 Å². The molecule has 1 heterocycles. The number of hydrogen-bond acceptors (Lipinski definition) is 3. The molecule has 0 spiro atoms. The van der Waals surface area contributed by atoms with Crippen molar-refractivity contribution in [2.45, 2.75) is 13.3 Å². The second-order valence-corrected chi connectivity index (χ2v) is 2.95. The molecule has 4 heteroatoms. The summed E-state index contributed by atoms with van der Waals surface area (Å²) in [5, 5.41) is 13.8. The molecule has 0 radical (unpaired) electrons. The fourth-order valence-electron chi connectivity index (χ4n) is 1.23. The van der Waals surface area contributed by atoms with Crippen LogP contribution in [0.25, 0.3) is 5.69 Å². The van der Waals surface area contributed by atoms with Crippen LogP contribution in [0, 0.1) is 0 Å². The Morgan fingerprint density at radius 2 is 2.14 bits per heavy atom.